The van der Waals surface area contributed by atoms with Gasteiger partial charge in [0, 0.05) is 36.2 Å². The van der Waals surface area contributed by atoms with Gasteiger partial charge in [0.05, 0.1) is 63.4 Å². The van der Waals surface area contributed by atoms with E-state index in [9.17, 15) is 35.9 Å². The molecular formula is C42H71Br2Cl3F6N16O2. The van der Waals surface area contributed by atoms with Gasteiger partial charge < -0.3 is 56.9 Å². The lowest BCUT2D eigenvalue weighted by Crippen LogP contribution is -3.00. The highest BCUT2D eigenvalue weighted by Gasteiger charge is 2.38. The second-order valence-electron chi connectivity index (χ2n) is 15.8. The average Bonchev–Trinajstić information content (AvgIpc) is 4.05. The van der Waals surface area contributed by atoms with Gasteiger partial charge in [-0.2, -0.15) is 36.5 Å². The second-order valence-corrected chi connectivity index (χ2v) is 15.8. The average molecular weight is 1210 g/mol. The van der Waals surface area contributed by atoms with Crippen molar-refractivity contribution in [1.29, 1.82) is 0 Å². The maximum Gasteiger partial charge on any atom is 0.449 e. The highest BCUT2D eigenvalue weighted by atomic mass is 79.9. The van der Waals surface area contributed by atoms with Crippen LogP contribution >= 0.6 is 37.2 Å². The van der Waals surface area contributed by atoms with Crippen molar-refractivity contribution in [3.8, 4) is 0 Å². The Morgan fingerprint density at radius 3 is 1.32 bits per heavy atom. The number of nitrogens with zero attached hydrogens (tertiary/aromatic N) is 12. The van der Waals surface area contributed by atoms with E-state index in [1.54, 1.807) is 37.1 Å². The summed E-state index contributed by atoms with van der Waals surface area (Å²) in [7, 11) is 0. The smallest absolute Gasteiger partial charge is 0.449 e. The number of imidazole rings is 2. The molecular weight excluding hydrogens is 1140 g/mol. The molecule has 0 saturated carbocycles. The predicted molar refractivity (Wildman–Crippen MR) is 258 cm³/mol. The van der Waals surface area contributed by atoms with Crippen LogP contribution in [0.25, 0.3) is 0 Å². The summed E-state index contributed by atoms with van der Waals surface area (Å²) in [5.74, 6) is -1.65. The van der Waals surface area contributed by atoms with Gasteiger partial charge in [-0.1, -0.05) is 62.6 Å². The first kappa shape index (κ1) is 71.6. The zero-order valence-corrected chi connectivity index (χ0v) is 45.8. The summed E-state index contributed by atoms with van der Waals surface area (Å²) in [6, 6.07) is 0. The molecule has 18 nitrogen and oxygen atoms in total. The largest absolute Gasteiger partial charge is 1.00 e. The van der Waals surface area contributed by atoms with Gasteiger partial charge in [-0.25, -0.2) is 27.6 Å². The van der Waals surface area contributed by atoms with E-state index in [2.05, 4.69) is 53.6 Å². The highest BCUT2D eigenvalue weighted by molar-refractivity contribution is 5.86. The Morgan fingerprint density at radius 1 is 0.549 bits per heavy atom. The number of alkyl halides is 6. The van der Waals surface area contributed by atoms with Crippen LogP contribution in [-0.2, 0) is 48.9 Å². The summed E-state index contributed by atoms with van der Waals surface area (Å²) < 4.78 is 85.4. The predicted octanol–water partition coefficient (Wildman–Crippen LogP) is 3.67. The van der Waals surface area contributed by atoms with Crippen molar-refractivity contribution in [2.24, 2.45) is 31.9 Å². The maximum atomic E-state index is 12.4. The fourth-order valence-electron chi connectivity index (χ4n) is 6.64. The normalized spacial score (nSPS) is 11.3. The molecule has 0 radical (unpaired) electrons. The van der Waals surface area contributed by atoms with Crippen molar-refractivity contribution in [3.63, 3.8) is 0 Å². The highest BCUT2D eigenvalue weighted by Crippen LogP contribution is 2.26. The van der Waals surface area contributed by atoms with E-state index in [1.165, 1.54) is 25.5 Å². The Kier molecular flexibility index (Phi) is 38.3. The van der Waals surface area contributed by atoms with Gasteiger partial charge in [-0.3, -0.25) is 9.59 Å². The molecule has 0 aliphatic carbocycles. The molecule has 0 aromatic carbocycles. The van der Waals surface area contributed by atoms with Gasteiger partial charge in [0.2, 0.25) is 11.6 Å². The quantitative estimate of drug-likeness (QED) is 0.0259. The molecule has 0 spiro atoms. The zero-order chi connectivity index (χ0) is 48.5. The Bertz CT molecular complexity index is 2050. The van der Waals surface area contributed by atoms with Gasteiger partial charge in [0.25, 0.3) is 0 Å². The monoisotopic (exact) mass is 1210 g/mol. The van der Waals surface area contributed by atoms with Crippen molar-refractivity contribution in [3.05, 3.63) is 37.2 Å². The van der Waals surface area contributed by atoms with Crippen LogP contribution in [0.15, 0.2) is 57.6 Å². The number of nitrogen functional groups attached to an aromatic ring is 2. The number of rotatable bonds is 30. The second kappa shape index (κ2) is 38.0. The molecule has 4 aromatic rings. The first-order chi connectivity index (χ1) is 31.5. The van der Waals surface area contributed by atoms with E-state index in [0.717, 1.165) is 70.5 Å². The summed E-state index contributed by atoms with van der Waals surface area (Å²) in [5, 5.41) is 25.8. The number of hydrogen-bond donors (Lipinski definition) is 4. The molecule has 0 aliphatic rings. The number of hydrogen-bond acceptors (Lipinski definition) is 12. The van der Waals surface area contributed by atoms with E-state index in [-0.39, 0.29) is 116 Å². The van der Waals surface area contributed by atoms with Crippen molar-refractivity contribution in [2.45, 2.75) is 168 Å². The summed E-state index contributed by atoms with van der Waals surface area (Å²) >= 11 is 0. The SMILES string of the molecule is CCCCCCn1ncc(N=Nc2n(CCCCC(=O)C(F)(F)F)cc[n+]2CCCCC(=O)C(F)(F)F)c1N.CCCCCCn1ncc(N=Nc2n(CCCN)cc[n+]2CCCN)c1N.Cl.Cl.Cl.[Br-].[Br-]. The lowest BCUT2D eigenvalue weighted by molar-refractivity contribution is -0.684. The summed E-state index contributed by atoms with van der Waals surface area (Å²) in [5.41, 5.74) is 24.5. The van der Waals surface area contributed by atoms with Crippen LogP contribution < -0.4 is 66.0 Å². The van der Waals surface area contributed by atoms with Crippen LogP contribution in [0.5, 0.6) is 0 Å². The first-order valence-electron chi connectivity index (χ1n) is 22.8. The van der Waals surface area contributed by atoms with Gasteiger partial charge in [0.15, 0.2) is 23.0 Å². The van der Waals surface area contributed by atoms with Crippen LogP contribution in [0.2, 0.25) is 0 Å². The molecule has 0 atom stereocenters. The number of carbonyl (C=O) groups is 2. The molecule has 4 rings (SSSR count). The maximum absolute atomic E-state index is 12.4. The molecule has 408 valence electrons. The van der Waals surface area contributed by atoms with Crippen LogP contribution in [0, 0.1) is 0 Å². The number of ketones is 2. The van der Waals surface area contributed by atoms with E-state index in [4.69, 9.17) is 22.9 Å². The lowest BCUT2D eigenvalue weighted by atomic mass is 10.1. The summed E-state index contributed by atoms with van der Waals surface area (Å²) in [4.78, 5) is 22.2. The third kappa shape index (κ3) is 25.2. The fraction of sp³-hybridized carbons (Fsp3) is 0.667. The fourth-order valence-corrected chi connectivity index (χ4v) is 6.64. The molecule has 71 heavy (non-hydrogen) atoms. The van der Waals surface area contributed by atoms with Gasteiger partial charge in [-0.15, -0.1) is 37.2 Å². The Hall–Kier alpha value is -3.69. The molecule has 29 heteroatoms. The molecule has 0 saturated heterocycles. The Morgan fingerprint density at radius 2 is 0.930 bits per heavy atom. The van der Waals surface area contributed by atoms with Gasteiger partial charge >= 0.3 is 24.2 Å². The van der Waals surface area contributed by atoms with Gasteiger partial charge in [-0.05, 0) is 64.5 Å². The van der Waals surface area contributed by atoms with E-state index < -0.39 is 36.8 Å². The molecule has 0 aliphatic heterocycles. The Balaban J connectivity index is -0.00000128. The molecule has 0 unspecified atom stereocenters. The van der Waals surface area contributed by atoms with Crippen molar-refractivity contribution in [1.82, 2.24) is 28.7 Å². The van der Waals surface area contributed by atoms with E-state index >= 15 is 0 Å². The number of anilines is 2. The number of Topliss-reactive ketones (excluding diaryl/α,β-unsaturated/α-hetero) is 2. The number of azo groups is 2. The van der Waals surface area contributed by atoms with E-state index in [0.29, 0.717) is 42.6 Å². The minimum Gasteiger partial charge on any atom is -1.00 e. The van der Waals surface area contributed by atoms with Crippen LogP contribution in [0.4, 0.5) is 61.2 Å². The number of carbonyl (C=O) groups excluding carboxylic acids is 2. The number of halogens is 11. The topological polar surface area (TPSA) is 241 Å². The van der Waals surface area contributed by atoms with E-state index in [1.807, 2.05) is 12.4 Å². The van der Waals surface area contributed by atoms with Crippen molar-refractivity contribution >= 4 is 83.7 Å². The van der Waals surface area contributed by atoms with Crippen molar-refractivity contribution < 1.29 is 79.0 Å². The standard InChI is InChI=1S/C24H33F6N7O2.C18H33N9.2BrH.3ClH/c1-2-3-4-7-14-37-21(31)18(17-32-37)33-34-22-35(12-8-5-10-19(38)23(25,26)27)15-16-36(22)13-9-6-11-20(39)24(28,29)30;1-2-3-4-5-12-27-17(21)16(15-22-27)23-24-18-25(10-6-8-19)13-14-26(18)11-7-9-20;;;;;/h15-17,31H,2-14H2,1H3;13-15,21H,2-12,19-20H2,1H3;5*1H. The minimum absolute atomic E-state index is 0. The minimum atomic E-state index is -4.87. The third-order valence-electron chi connectivity index (χ3n) is 10.5. The van der Waals surface area contributed by atoms with Crippen molar-refractivity contribution in [2.75, 3.05) is 24.6 Å². The number of aromatic nitrogens is 8. The molecule has 4 heterocycles. The van der Waals surface area contributed by atoms with Crippen LogP contribution in [0.3, 0.4) is 0 Å². The first-order valence-corrected chi connectivity index (χ1v) is 22.8. The number of unbranched alkanes of at least 4 members (excludes halogenated alkanes) is 8. The summed E-state index contributed by atoms with van der Waals surface area (Å²) in [6.07, 6.45) is 10.4. The molecule has 4 aromatic heterocycles. The lowest BCUT2D eigenvalue weighted by Gasteiger charge is -2.05. The third-order valence-corrected chi connectivity index (χ3v) is 10.5. The number of nitrogens with two attached hydrogens (primary N) is 4. The zero-order valence-electron chi connectivity index (χ0n) is 40.2. The molecule has 0 bridgehead atoms. The Labute approximate surface area is 451 Å². The van der Waals surface area contributed by atoms with Crippen LogP contribution in [0.1, 0.15) is 117 Å². The molecule has 8 N–H and O–H groups in total. The molecule has 0 fully saturated rings. The summed E-state index contributed by atoms with van der Waals surface area (Å²) in [6.45, 7) is 9.05. The molecule has 0 amide bonds. The van der Waals surface area contributed by atoms with Crippen LogP contribution in [-0.4, -0.2) is 65.7 Å². The number of aryl methyl sites for hydroxylation is 6. The van der Waals surface area contributed by atoms with Gasteiger partial charge in [0.1, 0.15) is 0 Å².